The molecule has 5 nitrogen and oxygen atoms in total. The zero-order chi connectivity index (χ0) is 15.4. The molecule has 1 unspecified atom stereocenters. The highest BCUT2D eigenvalue weighted by Gasteiger charge is 2.23. The van der Waals surface area contributed by atoms with Gasteiger partial charge in [-0.05, 0) is 38.2 Å². The summed E-state index contributed by atoms with van der Waals surface area (Å²) in [6, 6.07) is 7.67. The van der Waals surface area contributed by atoms with Gasteiger partial charge in [-0.2, -0.15) is 0 Å². The average molecular weight is 306 g/mol. The van der Waals surface area contributed by atoms with Crippen LogP contribution < -0.4 is 11.1 Å². The summed E-state index contributed by atoms with van der Waals surface area (Å²) in [5.74, 6) is 0.00878. The van der Waals surface area contributed by atoms with Gasteiger partial charge in [0.1, 0.15) is 4.99 Å². The van der Waals surface area contributed by atoms with Crippen LogP contribution in [0.15, 0.2) is 24.3 Å². The fourth-order valence-corrected chi connectivity index (χ4v) is 2.65. The number of carbonyl (C=O) groups excluding carboxylic acids is 1. The Balaban J connectivity index is 1.88. The van der Waals surface area contributed by atoms with Gasteiger partial charge in [0.2, 0.25) is 5.91 Å². The van der Waals surface area contributed by atoms with Crippen LogP contribution in [0.25, 0.3) is 0 Å². The highest BCUT2D eigenvalue weighted by Crippen LogP contribution is 2.11. The molecule has 0 radical (unpaired) electrons. The number of hydrogen-bond donors (Lipinski definition) is 2. The maximum absolute atomic E-state index is 12.1. The van der Waals surface area contributed by atoms with E-state index in [0.29, 0.717) is 17.6 Å². The van der Waals surface area contributed by atoms with E-state index in [-0.39, 0.29) is 5.91 Å². The summed E-state index contributed by atoms with van der Waals surface area (Å²) in [4.78, 5) is 17.0. The van der Waals surface area contributed by atoms with Gasteiger partial charge in [-0.15, -0.1) is 0 Å². The van der Waals surface area contributed by atoms with Crippen molar-refractivity contribution in [1.82, 2.24) is 9.80 Å². The normalized spacial score (nSPS) is 20.2. The fraction of sp³-hybridized carbons (Fsp3) is 0.467. The molecule has 1 aliphatic heterocycles. The van der Waals surface area contributed by atoms with Gasteiger partial charge >= 0.3 is 0 Å². The van der Waals surface area contributed by atoms with Crippen molar-refractivity contribution in [2.24, 2.45) is 5.73 Å². The molecule has 3 N–H and O–H groups in total. The highest BCUT2D eigenvalue weighted by molar-refractivity contribution is 7.80. The lowest BCUT2D eigenvalue weighted by Crippen LogP contribution is -2.52. The zero-order valence-corrected chi connectivity index (χ0v) is 13.3. The van der Waals surface area contributed by atoms with Crippen LogP contribution in [-0.2, 0) is 4.79 Å². The third-order valence-corrected chi connectivity index (χ3v) is 4.00. The molecule has 21 heavy (non-hydrogen) atoms. The number of nitrogens with zero attached hydrogens (tertiary/aromatic N) is 2. The largest absolute Gasteiger partial charge is 0.389 e. The van der Waals surface area contributed by atoms with Crippen LogP contribution in [-0.4, -0.2) is 60.0 Å². The Bertz CT molecular complexity index is 517. The van der Waals surface area contributed by atoms with E-state index in [9.17, 15) is 4.79 Å². The molecule has 0 spiro atoms. The van der Waals surface area contributed by atoms with Crippen molar-refractivity contribution in [3.63, 3.8) is 0 Å². The number of thiocarbonyl (C=S) groups is 1. The smallest absolute Gasteiger partial charge is 0.238 e. The number of amides is 1. The minimum atomic E-state index is 0.00878. The summed E-state index contributed by atoms with van der Waals surface area (Å²) in [7, 11) is 2.11. The second-order valence-electron chi connectivity index (χ2n) is 5.57. The van der Waals surface area contributed by atoms with E-state index in [1.807, 2.05) is 24.3 Å². The highest BCUT2D eigenvalue weighted by atomic mass is 32.1. The quantitative estimate of drug-likeness (QED) is 0.809. The average Bonchev–Trinajstić information content (AvgIpc) is 2.42. The first-order chi connectivity index (χ1) is 9.95. The molecule has 0 aliphatic carbocycles. The van der Waals surface area contributed by atoms with Crippen molar-refractivity contribution in [2.75, 3.05) is 38.5 Å². The molecule has 1 aromatic rings. The molecule has 1 atom stereocenters. The van der Waals surface area contributed by atoms with Crippen molar-refractivity contribution in [3.8, 4) is 0 Å². The van der Waals surface area contributed by atoms with Crippen LogP contribution in [0, 0.1) is 0 Å². The number of carbonyl (C=O) groups is 1. The number of nitrogens with two attached hydrogens (primary N) is 1. The van der Waals surface area contributed by atoms with E-state index in [0.717, 1.165) is 30.9 Å². The first-order valence-electron chi connectivity index (χ1n) is 7.08. The number of likely N-dealkylation sites (N-methyl/N-ethyl adjacent to an activating group) is 1. The molecule has 1 amide bonds. The van der Waals surface area contributed by atoms with E-state index in [2.05, 4.69) is 29.1 Å². The van der Waals surface area contributed by atoms with Gasteiger partial charge in [0.25, 0.3) is 0 Å². The second kappa shape index (κ2) is 6.98. The van der Waals surface area contributed by atoms with Gasteiger partial charge < -0.3 is 16.0 Å². The molecular formula is C15H22N4OS. The maximum Gasteiger partial charge on any atom is 0.238 e. The van der Waals surface area contributed by atoms with Crippen LogP contribution in [0.1, 0.15) is 12.5 Å². The monoisotopic (exact) mass is 306 g/mol. The van der Waals surface area contributed by atoms with Gasteiger partial charge in [0.15, 0.2) is 0 Å². The molecule has 1 aliphatic rings. The van der Waals surface area contributed by atoms with Crippen LogP contribution in [0.5, 0.6) is 0 Å². The number of benzene rings is 1. The van der Waals surface area contributed by atoms with Crippen molar-refractivity contribution in [2.45, 2.75) is 13.0 Å². The Kier molecular flexibility index (Phi) is 5.27. The van der Waals surface area contributed by atoms with Gasteiger partial charge in [-0.25, -0.2) is 0 Å². The lowest BCUT2D eigenvalue weighted by molar-refractivity contribution is -0.118. The van der Waals surface area contributed by atoms with E-state index in [1.165, 1.54) is 0 Å². The van der Waals surface area contributed by atoms with E-state index < -0.39 is 0 Å². The van der Waals surface area contributed by atoms with Crippen LogP contribution in [0.3, 0.4) is 0 Å². The summed E-state index contributed by atoms with van der Waals surface area (Å²) in [5.41, 5.74) is 7.12. The summed E-state index contributed by atoms with van der Waals surface area (Å²) < 4.78 is 0. The molecule has 1 aromatic carbocycles. The standard InChI is InChI=1S/C15H22N4OS/c1-11-9-18(2)7-8-19(11)10-14(20)17-13-5-3-12(4-6-13)15(16)21/h3-6,11H,7-10H2,1-2H3,(H2,16,21)(H,17,20). The molecular weight excluding hydrogens is 284 g/mol. The number of nitrogens with one attached hydrogen (secondary N) is 1. The lowest BCUT2D eigenvalue weighted by Gasteiger charge is -2.37. The van der Waals surface area contributed by atoms with Crippen molar-refractivity contribution in [3.05, 3.63) is 29.8 Å². The Morgan fingerprint density at radius 3 is 2.62 bits per heavy atom. The van der Waals surface area contributed by atoms with Crippen molar-refractivity contribution in [1.29, 1.82) is 0 Å². The van der Waals surface area contributed by atoms with Crippen LogP contribution in [0.2, 0.25) is 0 Å². The number of rotatable bonds is 4. The summed E-state index contributed by atoms with van der Waals surface area (Å²) in [6.45, 7) is 5.49. The Hall–Kier alpha value is -1.50. The first kappa shape index (κ1) is 15.9. The number of anilines is 1. The van der Waals surface area contributed by atoms with Crippen molar-refractivity contribution >= 4 is 28.8 Å². The predicted octanol–water partition coefficient (Wildman–Crippen LogP) is 0.895. The topological polar surface area (TPSA) is 61.6 Å². The Labute approximate surface area is 131 Å². The van der Waals surface area contributed by atoms with Gasteiger partial charge in [0, 0.05) is 36.9 Å². The molecule has 114 valence electrons. The zero-order valence-electron chi connectivity index (χ0n) is 12.5. The van der Waals surface area contributed by atoms with Gasteiger partial charge in [0.05, 0.1) is 6.54 Å². The fourth-order valence-electron chi connectivity index (χ4n) is 2.52. The van der Waals surface area contributed by atoms with Crippen molar-refractivity contribution < 1.29 is 4.79 Å². The second-order valence-corrected chi connectivity index (χ2v) is 6.01. The first-order valence-corrected chi connectivity index (χ1v) is 7.49. The van der Waals surface area contributed by atoms with Crippen LogP contribution >= 0.6 is 12.2 Å². The SMILES string of the molecule is CC1CN(C)CCN1CC(=O)Nc1ccc(C(N)=S)cc1. The van der Waals surface area contributed by atoms with E-state index in [4.69, 9.17) is 18.0 Å². The molecule has 1 fully saturated rings. The van der Waals surface area contributed by atoms with E-state index in [1.54, 1.807) is 0 Å². The number of piperazine rings is 1. The Morgan fingerprint density at radius 2 is 2.05 bits per heavy atom. The molecule has 1 saturated heterocycles. The summed E-state index contributed by atoms with van der Waals surface area (Å²) in [6.07, 6.45) is 0. The molecule has 0 aromatic heterocycles. The van der Waals surface area contributed by atoms with Crippen LogP contribution in [0.4, 0.5) is 5.69 Å². The molecule has 0 bridgehead atoms. The van der Waals surface area contributed by atoms with Gasteiger partial charge in [-0.1, -0.05) is 12.2 Å². The minimum absolute atomic E-state index is 0.00878. The summed E-state index contributed by atoms with van der Waals surface area (Å²) in [5, 5.41) is 2.91. The van der Waals surface area contributed by atoms with Gasteiger partial charge in [-0.3, -0.25) is 9.69 Å². The number of hydrogen-bond acceptors (Lipinski definition) is 4. The third-order valence-electron chi connectivity index (χ3n) is 3.77. The Morgan fingerprint density at radius 1 is 1.38 bits per heavy atom. The maximum atomic E-state index is 12.1. The lowest BCUT2D eigenvalue weighted by atomic mass is 10.2. The molecule has 0 saturated carbocycles. The minimum Gasteiger partial charge on any atom is -0.389 e. The van der Waals surface area contributed by atoms with E-state index >= 15 is 0 Å². The third kappa shape index (κ3) is 4.49. The molecule has 1 heterocycles. The summed E-state index contributed by atoms with van der Waals surface area (Å²) >= 11 is 4.90. The predicted molar refractivity (Wildman–Crippen MR) is 89.5 cm³/mol. The molecule has 2 rings (SSSR count). The molecule has 6 heteroatoms.